The van der Waals surface area contributed by atoms with Gasteiger partial charge in [-0.1, -0.05) is 23.7 Å². The Labute approximate surface area is 169 Å². The topological polar surface area (TPSA) is 86.4 Å². The summed E-state index contributed by atoms with van der Waals surface area (Å²) in [4.78, 5) is 11.5. The van der Waals surface area contributed by atoms with Crippen LogP contribution < -0.4 is 9.62 Å². The van der Waals surface area contributed by atoms with E-state index in [0.29, 0.717) is 16.9 Å². The summed E-state index contributed by atoms with van der Waals surface area (Å²) in [5.74, 6) is 2.53. The molecule has 3 N–H and O–H groups in total. The second-order valence-corrected chi connectivity index (χ2v) is 10.0. The highest BCUT2D eigenvalue weighted by atomic mass is 35.5. The molecule has 2 aliphatic rings. The maximum atomic E-state index is 9.62. The number of anilines is 1. The van der Waals surface area contributed by atoms with E-state index in [4.69, 9.17) is 16.6 Å². The SMILES string of the molecule is Cn1c(-c2cc(N3C[C@@H]4C(NS(C)(O)O)[C@@H]4C3)ncc2Cl)nc2ccccc21. The van der Waals surface area contributed by atoms with Gasteiger partial charge in [0.2, 0.25) is 0 Å². The van der Waals surface area contributed by atoms with Crippen LogP contribution in [0.3, 0.4) is 0 Å². The fourth-order valence-electron chi connectivity index (χ4n) is 4.30. The molecule has 9 heteroatoms. The van der Waals surface area contributed by atoms with Gasteiger partial charge in [-0.15, -0.1) is 10.8 Å². The van der Waals surface area contributed by atoms with Crippen molar-refractivity contribution in [1.82, 2.24) is 19.3 Å². The van der Waals surface area contributed by atoms with Crippen LogP contribution in [-0.2, 0) is 7.05 Å². The van der Waals surface area contributed by atoms with Crippen molar-refractivity contribution in [1.29, 1.82) is 0 Å². The number of nitrogens with zero attached hydrogens (tertiary/aromatic N) is 4. The van der Waals surface area contributed by atoms with Crippen LogP contribution in [0.5, 0.6) is 0 Å². The molecule has 1 saturated carbocycles. The number of hydrogen-bond acceptors (Lipinski definition) is 6. The third-order valence-corrected chi connectivity index (χ3v) is 6.77. The van der Waals surface area contributed by atoms with Gasteiger partial charge in [-0.2, -0.15) is 0 Å². The Balaban J connectivity index is 1.41. The van der Waals surface area contributed by atoms with Crippen LogP contribution in [0.15, 0.2) is 36.5 Å². The van der Waals surface area contributed by atoms with Crippen molar-refractivity contribution in [3.05, 3.63) is 41.6 Å². The zero-order valence-electron chi connectivity index (χ0n) is 15.6. The predicted molar refractivity (Wildman–Crippen MR) is 114 cm³/mol. The lowest BCUT2D eigenvalue weighted by Gasteiger charge is -2.30. The number of piperidine rings is 1. The normalized spacial score (nSPS) is 24.6. The first-order valence-corrected chi connectivity index (χ1v) is 11.5. The fourth-order valence-corrected chi connectivity index (χ4v) is 5.36. The first-order valence-electron chi connectivity index (χ1n) is 9.14. The Bertz CT molecular complexity index is 1050. The van der Waals surface area contributed by atoms with Crippen LogP contribution in [0.4, 0.5) is 5.82 Å². The van der Waals surface area contributed by atoms with Gasteiger partial charge in [-0.3, -0.25) is 9.11 Å². The molecule has 0 spiro atoms. The molecule has 2 aromatic heterocycles. The highest BCUT2D eigenvalue weighted by Crippen LogP contribution is 2.50. The number of imidazole rings is 1. The summed E-state index contributed by atoms with van der Waals surface area (Å²) in [5.41, 5.74) is 2.86. The Morgan fingerprint density at radius 3 is 2.61 bits per heavy atom. The van der Waals surface area contributed by atoms with E-state index in [9.17, 15) is 9.11 Å². The van der Waals surface area contributed by atoms with Crippen LogP contribution in [0.25, 0.3) is 22.4 Å². The van der Waals surface area contributed by atoms with E-state index >= 15 is 0 Å². The quantitative estimate of drug-likeness (QED) is 0.599. The van der Waals surface area contributed by atoms with Gasteiger partial charge in [0, 0.05) is 44.2 Å². The second kappa shape index (κ2) is 6.33. The predicted octanol–water partition coefficient (Wildman–Crippen LogP) is 3.61. The van der Waals surface area contributed by atoms with Crippen LogP contribution >= 0.6 is 22.4 Å². The molecule has 7 nitrogen and oxygen atoms in total. The molecule has 1 unspecified atom stereocenters. The number of hydrogen-bond donors (Lipinski definition) is 3. The van der Waals surface area contributed by atoms with Crippen molar-refractivity contribution < 1.29 is 9.11 Å². The maximum Gasteiger partial charge on any atom is 0.142 e. The number of fused-ring (bicyclic) bond motifs is 2. The highest BCUT2D eigenvalue weighted by molar-refractivity contribution is 8.22. The van der Waals surface area contributed by atoms with Crippen LogP contribution in [0.1, 0.15) is 0 Å². The molecule has 1 aliphatic heterocycles. The van der Waals surface area contributed by atoms with Crippen molar-refractivity contribution in [3.63, 3.8) is 0 Å². The zero-order chi connectivity index (χ0) is 19.6. The van der Waals surface area contributed by atoms with Gasteiger partial charge in [0.25, 0.3) is 0 Å². The van der Waals surface area contributed by atoms with Crippen molar-refractivity contribution in [2.45, 2.75) is 6.04 Å². The molecule has 3 atom stereocenters. The van der Waals surface area contributed by atoms with Gasteiger partial charge in [0.15, 0.2) is 0 Å². The average Bonchev–Trinajstić information content (AvgIpc) is 2.99. The molecule has 1 aliphatic carbocycles. The number of aryl methyl sites for hydroxylation is 1. The van der Waals surface area contributed by atoms with Gasteiger partial charge in [0.05, 0.1) is 16.1 Å². The van der Waals surface area contributed by atoms with E-state index < -0.39 is 10.8 Å². The summed E-state index contributed by atoms with van der Waals surface area (Å²) >= 11 is 6.47. The van der Waals surface area contributed by atoms with E-state index in [-0.39, 0.29) is 6.04 Å². The molecule has 3 heterocycles. The van der Waals surface area contributed by atoms with E-state index in [1.54, 1.807) is 6.20 Å². The number of aromatic nitrogens is 3. The maximum absolute atomic E-state index is 9.62. The van der Waals surface area contributed by atoms with E-state index in [1.165, 1.54) is 6.26 Å². The number of rotatable bonds is 4. The molecule has 2 fully saturated rings. The zero-order valence-corrected chi connectivity index (χ0v) is 17.2. The largest absolute Gasteiger partial charge is 0.356 e. The van der Waals surface area contributed by atoms with Crippen molar-refractivity contribution in [3.8, 4) is 11.4 Å². The third kappa shape index (κ3) is 3.05. The van der Waals surface area contributed by atoms with E-state index in [1.807, 2.05) is 41.9 Å². The minimum absolute atomic E-state index is 0.179. The summed E-state index contributed by atoms with van der Waals surface area (Å²) in [6.45, 7) is 1.68. The third-order valence-electron chi connectivity index (χ3n) is 5.75. The Morgan fingerprint density at radius 1 is 1.21 bits per heavy atom. The molecule has 1 saturated heterocycles. The van der Waals surface area contributed by atoms with Crippen LogP contribution in [-0.4, -0.2) is 49.0 Å². The van der Waals surface area contributed by atoms with Gasteiger partial charge >= 0.3 is 0 Å². The minimum atomic E-state index is -2.66. The molecule has 0 radical (unpaired) electrons. The Morgan fingerprint density at radius 2 is 1.93 bits per heavy atom. The molecule has 5 rings (SSSR count). The van der Waals surface area contributed by atoms with Crippen molar-refractivity contribution in [2.75, 3.05) is 24.2 Å². The number of halogens is 1. The smallest absolute Gasteiger partial charge is 0.142 e. The molecule has 28 heavy (non-hydrogen) atoms. The number of pyridine rings is 1. The minimum Gasteiger partial charge on any atom is -0.356 e. The van der Waals surface area contributed by atoms with E-state index in [0.717, 1.165) is 41.3 Å². The summed E-state index contributed by atoms with van der Waals surface area (Å²) in [7, 11) is -0.672. The van der Waals surface area contributed by atoms with Crippen LogP contribution in [0, 0.1) is 11.8 Å². The highest BCUT2D eigenvalue weighted by Gasteiger charge is 2.57. The standard InChI is InChI=1S/C19H22ClN5O2S/c1-24-16-6-4-3-5-15(16)22-19(24)11-7-17(21-8-14(11)20)25-9-12-13(10-25)18(12)23-28(2,26)27/h3-8,12-13,18,23,26-27H,9-10H2,1-2H3/t12-,13+,18?. The lowest BCUT2D eigenvalue weighted by molar-refractivity contribution is 0.471. The summed E-state index contributed by atoms with van der Waals surface area (Å²) in [6, 6.07) is 10.2. The van der Waals surface area contributed by atoms with E-state index in [2.05, 4.69) is 14.6 Å². The molecular weight excluding hydrogens is 398 g/mol. The van der Waals surface area contributed by atoms with Gasteiger partial charge < -0.3 is 9.47 Å². The van der Waals surface area contributed by atoms with Gasteiger partial charge in [-0.25, -0.2) is 14.7 Å². The average molecular weight is 420 g/mol. The van der Waals surface area contributed by atoms with Crippen LogP contribution in [0.2, 0.25) is 5.02 Å². The second-order valence-electron chi connectivity index (χ2n) is 7.72. The Hall–Kier alpha value is -1.84. The molecular formula is C19H22ClN5O2S. The van der Waals surface area contributed by atoms with Gasteiger partial charge in [0.1, 0.15) is 11.6 Å². The molecule has 0 amide bonds. The fraction of sp³-hybridized carbons (Fsp3) is 0.368. The summed E-state index contributed by atoms with van der Waals surface area (Å²) < 4.78 is 24.2. The number of para-hydroxylation sites is 2. The van der Waals surface area contributed by atoms with Crippen molar-refractivity contribution in [2.24, 2.45) is 18.9 Å². The number of nitrogens with one attached hydrogen (secondary N) is 1. The summed E-state index contributed by atoms with van der Waals surface area (Å²) in [5, 5.41) is 0.575. The van der Waals surface area contributed by atoms with Gasteiger partial charge in [-0.05, 0) is 30.0 Å². The Kier molecular flexibility index (Phi) is 4.12. The summed E-state index contributed by atoms with van der Waals surface area (Å²) in [6.07, 6.45) is 3.12. The van der Waals surface area contributed by atoms with Crippen molar-refractivity contribution >= 4 is 39.2 Å². The lowest BCUT2D eigenvalue weighted by atomic mass is 10.2. The first kappa shape index (κ1) is 18.2. The monoisotopic (exact) mass is 419 g/mol. The molecule has 3 aromatic rings. The molecule has 0 bridgehead atoms. The first-order chi connectivity index (χ1) is 13.3. The number of benzene rings is 1. The lowest BCUT2D eigenvalue weighted by Crippen LogP contribution is -2.32. The molecule has 148 valence electrons. The molecule has 1 aromatic carbocycles.